The third kappa shape index (κ3) is 2.96. The average Bonchev–Trinajstić information content (AvgIpc) is 2.50. The van der Waals surface area contributed by atoms with Crippen LogP contribution in [0.4, 0.5) is 11.5 Å². The first kappa shape index (κ1) is 13.6. The number of hydrogen-bond donors (Lipinski definition) is 2. The summed E-state index contributed by atoms with van der Waals surface area (Å²) in [5, 5.41) is 0. The maximum absolute atomic E-state index is 11.2. The van der Waals surface area contributed by atoms with Crippen LogP contribution >= 0.6 is 0 Å². The van der Waals surface area contributed by atoms with Gasteiger partial charge >= 0.3 is 0 Å². The number of likely N-dealkylation sites (N-methyl/N-ethyl adjacent to an activating group) is 1. The van der Waals surface area contributed by atoms with Crippen LogP contribution in [-0.4, -0.2) is 48.5 Å². The summed E-state index contributed by atoms with van der Waals surface area (Å²) >= 11 is 0. The molecule has 1 fully saturated rings. The Bertz CT molecular complexity index is 476. The number of carbonyl (C=O) groups is 1. The van der Waals surface area contributed by atoms with Gasteiger partial charge in [0.05, 0.1) is 5.69 Å². The van der Waals surface area contributed by atoms with Gasteiger partial charge in [0.2, 0.25) is 0 Å². The van der Waals surface area contributed by atoms with Gasteiger partial charge in [0, 0.05) is 19.1 Å². The lowest BCUT2D eigenvalue weighted by Gasteiger charge is -2.30. The molecule has 4 N–H and O–H groups in total. The number of anilines is 2. The molecule has 1 aromatic rings. The molecular weight excluding hydrogens is 242 g/mol. The largest absolute Gasteiger partial charge is 0.396 e. The van der Waals surface area contributed by atoms with Crippen molar-refractivity contribution in [1.29, 1.82) is 0 Å². The number of hydrogen-bond acceptors (Lipinski definition) is 5. The minimum atomic E-state index is -0.527. The van der Waals surface area contributed by atoms with Gasteiger partial charge in [-0.1, -0.05) is 0 Å². The molecule has 0 aliphatic carbocycles. The Morgan fingerprint density at radius 1 is 1.42 bits per heavy atom. The molecule has 1 amide bonds. The second kappa shape index (κ2) is 5.44. The van der Waals surface area contributed by atoms with E-state index in [1.54, 1.807) is 12.1 Å². The molecule has 1 aliphatic rings. The number of aromatic nitrogens is 1. The standard InChI is InChI=1S/C13H21N5O/c1-9-8-17(2)6-3-7-18(9)13-10(14)4-5-11(16-13)12(15)19/h4-5,9H,3,6-8,14H2,1-2H3,(H2,15,19). The number of pyridine rings is 1. The van der Waals surface area contributed by atoms with Crippen molar-refractivity contribution in [3.05, 3.63) is 17.8 Å². The Hall–Kier alpha value is -1.82. The van der Waals surface area contributed by atoms with Crippen molar-refractivity contribution < 1.29 is 4.79 Å². The summed E-state index contributed by atoms with van der Waals surface area (Å²) in [4.78, 5) is 20.0. The first-order valence-electron chi connectivity index (χ1n) is 6.50. The summed E-state index contributed by atoms with van der Waals surface area (Å²) in [5.74, 6) is 0.139. The summed E-state index contributed by atoms with van der Waals surface area (Å²) in [7, 11) is 2.11. The number of nitrogens with two attached hydrogens (primary N) is 2. The molecule has 1 unspecified atom stereocenters. The first-order valence-corrected chi connectivity index (χ1v) is 6.50. The topological polar surface area (TPSA) is 88.5 Å². The minimum absolute atomic E-state index is 0.258. The van der Waals surface area contributed by atoms with E-state index < -0.39 is 5.91 Å². The molecule has 6 heteroatoms. The molecular formula is C13H21N5O. The van der Waals surface area contributed by atoms with Crippen molar-refractivity contribution in [1.82, 2.24) is 9.88 Å². The van der Waals surface area contributed by atoms with Gasteiger partial charge in [-0.15, -0.1) is 0 Å². The Morgan fingerprint density at radius 3 is 2.84 bits per heavy atom. The van der Waals surface area contributed by atoms with Gasteiger partial charge in [0.15, 0.2) is 5.82 Å². The normalized spacial score (nSPS) is 21.2. The summed E-state index contributed by atoms with van der Waals surface area (Å²) in [5.41, 5.74) is 12.1. The van der Waals surface area contributed by atoms with Crippen LogP contribution in [0.5, 0.6) is 0 Å². The zero-order valence-corrected chi connectivity index (χ0v) is 11.5. The minimum Gasteiger partial charge on any atom is -0.396 e. The van der Waals surface area contributed by atoms with Gasteiger partial charge in [0.25, 0.3) is 5.91 Å². The average molecular weight is 263 g/mol. The van der Waals surface area contributed by atoms with Gasteiger partial charge in [0.1, 0.15) is 5.69 Å². The van der Waals surface area contributed by atoms with E-state index in [2.05, 4.69) is 28.8 Å². The van der Waals surface area contributed by atoms with Crippen LogP contribution in [0.15, 0.2) is 12.1 Å². The number of nitrogen functional groups attached to an aromatic ring is 1. The zero-order valence-electron chi connectivity index (χ0n) is 11.5. The van der Waals surface area contributed by atoms with Gasteiger partial charge in [-0.2, -0.15) is 0 Å². The third-order valence-electron chi connectivity index (χ3n) is 3.48. The summed E-state index contributed by atoms with van der Waals surface area (Å²) in [6, 6.07) is 3.56. The highest BCUT2D eigenvalue weighted by Crippen LogP contribution is 2.24. The van der Waals surface area contributed by atoms with Crippen molar-refractivity contribution in [2.75, 3.05) is 37.3 Å². The lowest BCUT2D eigenvalue weighted by molar-refractivity contribution is 0.0995. The fourth-order valence-electron chi connectivity index (χ4n) is 2.51. The van der Waals surface area contributed by atoms with E-state index in [1.165, 1.54) is 0 Å². The van der Waals surface area contributed by atoms with E-state index in [4.69, 9.17) is 11.5 Å². The molecule has 2 heterocycles. The molecule has 19 heavy (non-hydrogen) atoms. The maximum Gasteiger partial charge on any atom is 0.267 e. The zero-order chi connectivity index (χ0) is 14.0. The fourth-order valence-corrected chi connectivity index (χ4v) is 2.51. The highest BCUT2D eigenvalue weighted by molar-refractivity contribution is 5.91. The second-order valence-electron chi connectivity index (χ2n) is 5.13. The SMILES string of the molecule is CC1CN(C)CCCN1c1nc(C(N)=O)ccc1N. The third-order valence-corrected chi connectivity index (χ3v) is 3.48. The Morgan fingerprint density at radius 2 is 2.16 bits per heavy atom. The van der Waals surface area contributed by atoms with Crippen LogP contribution in [0, 0.1) is 0 Å². The summed E-state index contributed by atoms with van der Waals surface area (Å²) in [6.45, 7) is 5.02. The van der Waals surface area contributed by atoms with Crippen LogP contribution in [0.1, 0.15) is 23.8 Å². The van der Waals surface area contributed by atoms with Crippen LogP contribution in [-0.2, 0) is 0 Å². The van der Waals surface area contributed by atoms with Gasteiger partial charge in [-0.05, 0) is 39.1 Å². The Kier molecular flexibility index (Phi) is 3.90. The van der Waals surface area contributed by atoms with Crippen LogP contribution in [0.25, 0.3) is 0 Å². The lowest BCUT2D eigenvalue weighted by Crippen LogP contribution is -2.39. The Labute approximate surface area is 113 Å². The molecule has 1 saturated heterocycles. The smallest absolute Gasteiger partial charge is 0.267 e. The molecule has 0 aromatic carbocycles. The highest BCUT2D eigenvalue weighted by atomic mass is 16.1. The van der Waals surface area contributed by atoms with E-state index >= 15 is 0 Å². The molecule has 0 spiro atoms. The molecule has 0 radical (unpaired) electrons. The van der Waals surface area contributed by atoms with Crippen LogP contribution in [0.3, 0.4) is 0 Å². The van der Waals surface area contributed by atoms with E-state index in [9.17, 15) is 4.79 Å². The van der Waals surface area contributed by atoms with Crippen molar-refractivity contribution in [2.45, 2.75) is 19.4 Å². The molecule has 6 nitrogen and oxygen atoms in total. The van der Waals surface area contributed by atoms with E-state index in [0.717, 1.165) is 26.1 Å². The number of rotatable bonds is 2. The summed E-state index contributed by atoms with van der Waals surface area (Å²) in [6.07, 6.45) is 1.04. The predicted octanol–water partition coefficient (Wildman–Crippen LogP) is 0.293. The van der Waals surface area contributed by atoms with Gasteiger partial charge < -0.3 is 21.3 Å². The highest BCUT2D eigenvalue weighted by Gasteiger charge is 2.23. The molecule has 1 aliphatic heterocycles. The molecule has 1 atom stereocenters. The molecule has 0 bridgehead atoms. The molecule has 1 aromatic heterocycles. The Balaban J connectivity index is 2.33. The molecule has 104 valence electrons. The summed E-state index contributed by atoms with van der Waals surface area (Å²) < 4.78 is 0. The van der Waals surface area contributed by atoms with Crippen LogP contribution in [0.2, 0.25) is 0 Å². The van der Waals surface area contributed by atoms with Crippen molar-refractivity contribution >= 4 is 17.4 Å². The molecule has 0 saturated carbocycles. The fraction of sp³-hybridized carbons (Fsp3) is 0.538. The maximum atomic E-state index is 11.2. The monoisotopic (exact) mass is 263 g/mol. The number of carbonyl (C=O) groups excluding carboxylic acids is 1. The number of primary amides is 1. The second-order valence-corrected chi connectivity index (χ2v) is 5.13. The van der Waals surface area contributed by atoms with Gasteiger partial charge in [-0.3, -0.25) is 4.79 Å². The first-order chi connectivity index (χ1) is 8.99. The van der Waals surface area contributed by atoms with Gasteiger partial charge in [-0.25, -0.2) is 4.98 Å². The van der Waals surface area contributed by atoms with E-state index in [0.29, 0.717) is 17.5 Å². The quantitative estimate of drug-likeness (QED) is 0.801. The van der Waals surface area contributed by atoms with Crippen molar-refractivity contribution in [3.8, 4) is 0 Å². The van der Waals surface area contributed by atoms with Crippen LogP contribution < -0.4 is 16.4 Å². The molecule has 2 rings (SSSR count). The number of amides is 1. The van der Waals surface area contributed by atoms with E-state index in [-0.39, 0.29) is 5.69 Å². The number of nitrogens with zero attached hydrogens (tertiary/aromatic N) is 3. The lowest BCUT2D eigenvalue weighted by atomic mass is 10.2. The van der Waals surface area contributed by atoms with E-state index in [1.807, 2.05) is 0 Å². The van der Waals surface area contributed by atoms with Crippen molar-refractivity contribution in [3.63, 3.8) is 0 Å². The van der Waals surface area contributed by atoms with Crippen molar-refractivity contribution in [2.24, 2.45) is 5.73 Å². The predicted molar refractivity (Wildman–Crippen MR) is 76.1 cm³/mol.